The van der Waals surface area contributed by atoms with Gasteiger partial charge in [-0.1, -0.05) is 18.2 Å². The summed E-state index contributed by atoms with van der Waals surface area (Å²) in [5.74, 6) is 1.60. The molecule has 0 bridgehead atoms. The second-order valence-electron chi connectivity index (χ2n) is 3.68. The van der Waals surface area contributed by atoms with Crippen LogP contribution in [0.2, 0.25) is 0 Å². The van der Waals surface area contributed by atoms with E-state index in [0.29, 0.717) is 17.9 Å². The Morgan fingerprint density at radius 1 is 1.28 bits per heavy atom. The van der Waals surface area contributed by atoms with E-state index in [4.69, 9.17) is 4.74 Å². The van der Waals surface area contributed by atoms with E-state index in [2.05, 4.69) is 11.4 Å². The molecule has 2 aromatic rings. The fraction of sp³-hybridized carbons (Fsp3) is 0.214. The summed E-state index contributed by atoms with van der Waals surface area (Å²) in [4.78, 5) is 11.4. The summed E-state index contributed by atoms with van der Waals surface area (Å²) in [6.07, 6.45) is 0. The number of hydrogen-bond donors (Lipinski definition) is 0. The van der Waals surface area contributed by atoms with Gasteiger partial charge in [-0.05, 0) is 30.5 Å². The molecule has 0 aliphatic carbocycles. The molecule has 1 aromatic heterocycles. The van der Waals surface area contributed by atoms with Crippen LogP contribution in [0.5, 0.6) is 5.75 Å². The minimum atomic E-state index is 0.0384. The molecule has 0 saturated heterocycles. The molecular formula is C14H14O2S2. The number of Topliss-reactive ketones (excluding diaryl/α,β-unsaturated/α-hetero) is 1. The van der Waals surface area contributed by atoms with Gasteiger partial charge in [-0.15, -0.1) is 23.1 Å². The Labute approximate surface area is 115 Å². The van der Waals surface area contributed by atoms with Crippen LogP contribution < -0.4 is 4.74 Å². The maximum atomic E-state index is 11.4. The normalized spacial score (nSPS) is 10.3. The first kappa shape index (κ1) is 13.2. The van der Waals surface area contributed by atoms with E-state index < -0.39 is 0 Å². The van der Waals surface area contributed by atoms with E-state index in [-0.39, 0.29) is 5.78 Å². The molecule has 94 valence electrons. The summed E-state index contributed by atoms with van der Waals surface area (Å²) >= 11 is 3.50. The zero-order valence-corrected chi connectivity index (χ0v) is 11.7. The molecule has 0 saturated carbocycles. The quantitative estimate of drug-likeness (QED) is 0.451. The minimum absolute atomic E-state index is 0.0384. The molecule has 2 nitrogen and oxygen atoms in total. The lowest BCUT2D eigenvalue weighted by molar-refractivity contribution is 0.101. The summed E-state index contributed by atoms with van der Waals surface area (Å²) < 4.78 is 6.95. The van der Waals surface area contributed by atoms with Gasteiger partial charge in [0.2, 0.25) is 0 Å². The van der Waals surface area contributed by atoms with Crippen molar-refractivity contribution in [2.45, 2.75) is 11.1 Å². The van der Waals surface area contributed by atoms with Crippen LogP contribution in [0.15, 0.2) is 46.0 Å². The Kier molecular flexibility index (Phi) is 4.84. The number of benzene rings is 1. The van der Waals surface area contributed by atoms with Gasteiger partial charge in [0.15, 0.2) is 5.78 Å². The average molecular weight is 278 g/mol. The Balaban J connectivity index is 1.85. The zero-order chi connectivity index (χ0) is 12.8. The van der Waals surface area contributed by atoms with Gasteiger partial charge in [0.05, 0.1) is 16.4 Å². The molecule has 0 atom stereocenters. The highest BCUT2D eigenvalue weighted by Gasteiger charge is 2.06. The number of hydrogen-bond acceptors (Lipinski definition) is 4. The summed E-state index contributed by atoms with van der Waals surface area (Å²) in [7, 11) is 0. The van der Waals surface area contributed by atoms with Crippen LogP contribution in [-0.2, 0) is 0 Å². The molecule has 0 aliphatic heterocycles. The smallest absolute Gasteiger partial charge is 0.163 e. The van der Waals surface area contributed by atoms with Crippen molar-refractivity contribution >= 4 is 28.9 Å². The van der Waals surface area contributed by atoms with E-state index >= 15 is 0 Å². The third kappa shape index (κ3) is 3.62. The first-order chi connectivity index (χ1) is 8.77. The minimum Gasteiger partial charge on any atom is -0.492 e. The van der Waals surface area contributed by atoms with Crippen LogP contribution >= 0.6 is 23.1 Å². The molecule has 4 heteroatoms. The number of ether oxygens (including phenoxy) is 1. The third-order valence-corrected chi connectivity index (χ3v) is 4.44. The Morgan fingerprint density at radius 2 is 2.11 bits per heavy atom. The van der Waals surface area contributed by atoms with Crippen molar-refractivity contribution in [1.29, 1.82) is 0 Å². The third-order valence-electron chi connectivity index (χ3n) is 2.35. The number of thiophene rings is 1. The summed E-state index contributed by atoms with van der Waals surface area (Å²) in [6.45, 7) is 2.16. The van der Waals surface area contributed by atoms with Crippen molar-refractivity contribution < 1.29 is 9.53 Å². The number of carbonyl (C=O) groups is 1. The van der Waals surface area contributed by atoms with E-state index in [1.54, 1.807) is 36.1 Å². The Hall–Kier alpha value is -1.26. The number of carbonyl (C=O) groups excluding carboxylic acids is 1. The molecule has 1 aromatic carbocycles. The van der Waals surface area contributed by atoms with Crippen molar-refractivity contribution in [2.75, 3.05) is 12.4 Å². The van der Waals surface area contributed by atoms with Crippen LogP contribution in [0.1, 0.15) is 17.3 Å². The predicted octanol–water partition coefficient (Wildman–Crippen LogP) is 4.12. The second kappa shape index (κ2) is 6.61. The van der Waals surface area contributed by atoms with E-state index in [0.717, 1.165) is 5.75 Å². The number of para-hydroxylation sites is 1. The van der Waals surface area contributed by atoms with Gasteiger partial charge < -0.3 is 4.74 Å². The highest BCUT2D eigenvalue weighted by atomic mass is 32.2. The van der Waals surface area contributed by atoms with Gasteiger partial charge in [0, 0.05) is 5.75 Å². The Morgan fingerprint density at radius 3 is 2.83 bits per heavy atom. The second-order valence-corrected chi connectivity index (χ2v) is 6.02. The monoisotopic (exact) mass is 278 g/mol. The molecule has 0 fully saturated rings. The van der Waals surface area contributed by atoms with Gasteiger partial charge in [-0.3, -0.25) is 4.79 Å². The van der Waals surface area contributed by atoms with Crippen molar-refractivity contribution in [3.05, 3.63) is 47.3 Å². The van der Waals surface area contributed by atoms with Crippen LogP contribution in [-0.4, -0.2) is 18.1 Å². The molecule has 2 rings (SSSR count). The van der Waals surface area contributed by atoms with E-state index in [9.17, 15) is 4.79 Å². The maximum absolute atomic E-state index is 11.4. The topological polar surface area (TPSA) is 26.3 Å². The molecule has 1 heterocycles. The van der Waals surface area contributed by atoms with Crippen LogP contribution in [0.4, 0.5) is 0 Å². The SMILES string of the molecule is CC(=O)c1ccccc1OCCSc1cccs1. The Bertz CT molecular complexity index is 506. The van der Waals surface area contributed by atoms with Crippen molar-refractivity contribution in [3.8, 4) is 5.75 Å². The zero-order valence-electron chi connectivity index (χ0n) is 10.1. The van der Waals surface area contributed by atoms with E-state index in [1.807, 2.05) is 24.3 Å². The number of ketones is 1. The predicted molar refractivity (Wildman–Crippen MR) is 77.0 cm³/mol. The fourth-order valence-corrected chi connectivity index (χ4v) is 3.20. The summed E-state index contributed by atoms with van der Waals surface area (Å²) in [5.41, 5.74) is 0.652. The molecule has 0 aliphatic rings. The lowest BCUT2D eigenvalue weighted by atomic mass is 10.1. The average Bonchev–Trinajstić information content (AvgIpc) is 2.88. The molecular weight excluding hydrogens is 264 g/mol. The van der Waals surface area contributed by atoms with Crippen LogP contribution in [0.3, 0.4) is 0 Å². The number of thioether (sulfide) groups is 1. The lowest BCUT2D eigenvalue weighted by Gasteiger charge is -2.08. The highest BCUT2D eigenvalue weighted by molar-refractivity contribution is 8.01. The van der Waals surface area contributed by atoms with Gasteiger partial charge >= 0.3 is 0 Å². The highest BCUT2D eigenvalue weighted by Crippen LogP contribution is 2.24. The van der Waals surface area contributed by atoms with Crippen molar-refractivity contribution in [3.63, 3.8) is 0 Å². The fourth-order valence-electron chi connectivity index (χ4n) is 1.52. The largest absolute Gasteiger partial charge is 0.492 e. The van der Waals surface area contributed by atoms with Crippen molar-refractivity contribution in [1.82, 2.24) is 0 Å². The summed E-state index contributed by atoms with van der Waals surface area (Å²) in [5, 5.41) is 2.06. The summed E-state index contributed by atoms with van der Waals surface area (Å²) in [6, 6.07) is 11.5. The lowest BCUT2D eigenvalue weighted by Crippen LogP contribution is -2.04. The molecule has 0 amide bonds. The van der Waals surface area contributed by atoms with Gasteiger partial charge in [0.1, 0.15) is 5.75 Å². The first-order valence-electron chi connectivity index (χ1n) is 5.66. The van der Waals surface area contributed by atoms with E-state index in [1.165, 1.54) is 4.21 Å². The molecule has 0 spiro atoms. The molecule has 0 unspecified atom stereocenters. The molecule has 0 radical (unpaired) electrons. The van der Waals surface area contributed by atoms with Gasteiger partial charge in [-0.2, -0.15) is 0 Å². The number of rotatable bonds is 6. The first-order valence-corrected chi connectivity index (χ1v) is 7.53. The molecule has 18 heavy (non-hydrogen) atoms. The standard InChI is InChI=1S/C14H14O2S2/c1-11(15)12-5-2-3-6-13(12)16-8-10-18-14-7-4-9-17-14/h2-7,9H,8,10H2,1H3. The van der Waals surface area contributed by atoms with Crippen molar-refractivity contribution in [2.24, 2.45) is 0 Å². The molecule has 0 N–H and O–H groups in total. The van der Waals surface area contributed by atoms with Gasteiger partial charge in [-0.25, -0.2) is 0 Å². The van der Waals surface area contributed by atoms with Crippen LogP contribution in [0, 0.1) is 0 Å². The maximum Gasteiger partial charge on any atom is 0.163 e. The van der Waals surface area contributed by atoms with Crippen LogP contribution in [0.25, 0.3) is 0 Å². The van der Waals surface area contributed by atoms with Gasteiger partial charge in [0.25, 0.3) is 0 Å².